The van der Waals surface area contributed by atoms with Gasteiger partial charge in [0.1, 0.15) is 0 Å². The summed E-state index contributed by atoms with van der Waals surface area (Å²) >= 11 is 0. The van der Waals surface area contributed by atoms with Crippen LogP contribution in [0.3, 0.4) is 0 Å². The lowest BCUT2D eigenvalue weighted by atomic mass is 10.0. The average molecular weight is 214 g/mol. The Bertz CT molecular complexity index is 594. The molecule has 0 saturated heterocycles. The van der Waals surface area contributed by atoms with Gasteiger partial charge in [0.2, 0.25) is 0 Å². The van der Waals surface area contributed by atoms with Crippen LogP contribution >= 0.6 is 0 Å². The van der Waals surface area contributed by atoms with Crippen LogP contribution in [0.2, 0.25) is 0 Å². The molecule has 2 aromatic rings. The lowest BCUT2D eigenvalue weighted by Crippen LogP contribution is -2.00. The third kappa shape index (κ3) is 2.80. The van der Waals surface area contributed by atoms with E-state index < -0.39 is 18.5 Å². The van der Waals surface area contributed by atoms with E-state index in [9.17, 15) is 4.79 Å². The van der Waals surface area contributed by atoms with Crippen LogP contribution in [-0.4, -0.2) is 5.78 Å². The highest BCUT2D eigenvalue weighted by Crippen LogP contribution is 2.07. The van der Waals surface area contributed by atoms with Crippen molar-refractivity contribution in [1.29, 1.82) is 0 Å². The number of rotatable bonds is 4. The number of carbonyl (C=O) groups is 1. The number of aryl methyl sites for hydroxylation is 1. The third-order valence-corrected chi connectivity index (χ3v) is 2.13. The molecule has 0 atom stereocenters. The van der Waals surface area contributed by atoms with Crippen molar-refractivity contribution in [3.8, 4) is 0 Å². The van der Waals surface area contributed by atoms with Gasteiger partial charge in [0, 0.05) is 17.4 Å². The van der Waals surface area contributed by atoms with Gasteiger partial charge in [0.15, 0.2) is 5.78 Å². The summed E-state index contributed by atoms with van der Waals surface area (Å²) in [5, 5.41) is 0. The van der Waals surface area contributed by atoms with E-state index in [1.165, 1.54) is 24.3 Å². The highest BCUT2D eigenvalue weighted by atomic mass is 16.1. The van der Waals surface area contributed by atoms with E-state index in [0.29, 0.717) is 0 Å². The number of benzene rings is 2. The topological polar surface area (TPSA) is 17.1 Å². The SMILES string of the molecule is [2H]C([2H])(C(=O)c1ccccc1)C([2H])([2H])c1ccccc1. The number of carbonyl (C=O) groups excluding carboxylic acids is 1. The van der Waals surface area contributed by atoms with Crippen LogP contribution in [0.5, 0.6) is 0 Å². The predicted octanol–water partition coefficient (Wildman–Crippen LogP) is 3.50. The Morgan fingerprint density at radius 2 is 1.50 bits per heavy atom. The monoisotopic (exact) mass is 214 g/mol. The van der Waals surface area contributed by atoms with Gasteiger partial charge in [-0.05, 0) is 11.9 Å². The molecule has 0 aromatic heterocycles. The van der Waals surface area contributed by atoms with Crippen LogP contribution in [0, 0.1) is 0 Å². The van der Waals surface area contributed by atoms with Crippen molar-refractivity contribution < 1.29 is 10.3 Å². The molecule has 0 bridgehead atoms. The molecule has 0 fully saturated rings. The second-order valence-electron chi connectivity index (χ2n) is 3.31. The van der Waals surface area contributed by atoms with E-state index in [0.717, 1.165) is 0 Å². The third-order valence-electron chi connectivity index (χ3n) is 2.13. The molecule has 0 aliphatic carbocycles. The lowest BCUT2D eigenvalue weighted by Gasteiger charge is -2.01. The van der Waals surface area contributed by atoms with Crippen LogP contribution in [0.15, 0.2) is 60.7 Å². The molecule has 80 valence electrons. The molecule has 0 aliphatic heterocycles. The maximum absolute atomic E-state index is 12.3. The molecule has 16 heavy (non-hydrogen) atoms. The van der Waals surface area contributed by atoms with Gasteiger partial charge in [0.25, 0.3) is 0 Å². The maximum Gasteiger partial charge on any atom is 0.163 e. The molecule has 0 unspecified atom stereocenters. The van der Waals surface area contributed by atoms with Gasteiger partial charge < -0.3 is 0 Å². The minimum Gasteiger partial charge on any atom is -0.294 e. The van der Waals surface area contributed by atoms with E-state index in [1.54, 1.807) is 36.4 Å². The first-order chi connectivity index (χ1) is 9.37. The van der Waals surface area contributed by atoms with E-state index in [-0.39, 0.29) is 11.1 Å². The maximum atomic E-state index is 12.3. The van der Waals surface area contributed by atoms with Gasteiger partial charge >= 0.3 is 0 Å². The largest absolute Gasteiger partial charge is 0.294 e. The molecule has 2 aromatic carbocycles. The molecule has 0 radical (unpaired) electrons. The zero-order valence-electron chi connectivity index (χ0n) is 12.7. The Labute approximate surface area is 101 Å². The summed E-state index contributed by atoms with van der Waals surface area (Å²) in [4.78, 5) is 12.3. The highest BCUT2D eigenvalue weighted by molar-refractivity contribution is 5.96. The molecular weight excluding hydrogens is 196 g/mol. The van der Waals surface area contributed by atoms with Crippen molar-refractivity contribution in [3.63, 3.8) is 0 Å². The highest BCUT2D eigenvalue weighted by Gasteiger charge is 2.04. The zero-order chi connectivity index (χ0) is 14.8. The van der Waals surface area contributed by atoms with Gasteiger partial charge in [-0.15, -0.1) is 0 Å². The van der Waals surface area contributed by atoms with Crippen molar-refractivity contribution in [2.75, 3.05) is 0 Å². The summed E-state index contributed by atoms with van der Waals surface area (Å²) in [5.41, 5.74) is 0.312. The van der Waals surface area contributed by atoms with Crippen LogP contribution < -0.4 is 0 Å². The quantitative estimate of drug-likeness (QED) is 0.712. The molecule has 0 spiro atoms. The van der Waals surface area contributed by atoms with Crippen molar-refractivity contribution >= 4 is 5.78 Å². The zero-order valence-corrected chi connectivity index (χ0v) is 8.68. The Morgan fingerprint density at radius 3 is 2.12 bits per heavy atom. The van der Waals surface area contributed by atoms with Gasteiger partial charge in [-0.3, -0.25) is 4.79 Å². The van der Waals surface area contributed by atoms with Crippen LogP contribution in [-0.2, 0) is 6.37 Å². The predicted molar refractivity (Wildman–Crippen MR) is 65.5 cm³/mol. The molecule has 1 nitrogen and oxygen atoms in total. The van der Waals surface area contributed by atoms with Crippen LogP contribution in [0.4, 0.5) is 0 Å². The fourth-order valence-corrected chi connectivity index (χ4v) is 1.31. The van der Waals surface area contributed by atoms with Gasteiger partial charge in [0.05, 0.1) is 0 Å². The Kier molecular flexibility index (Phi) is 2.19. The fourth-order valence-electron chi connectivity index (χ4n) is 1.31. The fraction of sp³-hybridized carbons (Fsp3) is 0.133. The second kappa shape index (κ2) is 5.26. The minimum absolute atomic E-state index is 0.147. The second-order valence-corrected chi connectivity index (χ2v) is 3.31. The molecule has 2 rings (SSSR count). The number of Topliss-reactive ketones (excluding diaryl/α,β-unsaturated/α-hetero) is 1. The van der Waals surface area contributed by atoms with Crippen molar-refractivity contribution in [2.24, 2.45) is 0 Å². The molecular formula is C15H14O. The summed E-state index contributed by atoms with van der Waals surface area (Å²) in [6.45, 7) is 0. The number of ketones is 1. The smallest absolute Gasteiger partial charge is 0.163 e. The van der Waals surface area contributed by atoms with Crippen molar-refractivity contribution in [1.82, 2.24) is 0 Å². The molecule has 0 N–H and O–H groups in total. The Balaban J connectivity index is 2.42. The molecule has 1 heteroatoms. The normalized spacial score (nSPS) is 15.5. The van der Waals surface area contributed by atoms with Gasteiger partial charge in [-0.1, -0.05) is 60.7 Å². The van der Waals surface area contributed by atoms with Crippen molar-refractivity contribution in [3.05, 3.63) is 71.8 Å². The minimum atomic E-state index is -2.64. The van der Waals surface area contributed by atoms with E-state index in [2.05, 4.69) is 0 Å². The van der Waals surface area contributed by atoms with E-state index in [4.69, 9.17) is 5.48 Å². The molecule has 0 saturated carbocycles. The number of hydrogen-bond donors (Lipinski definition) is 0. The van der Waals surface area contributed by atoms with E-state index in [1.807, 2.05) is 0 Å². The summed E-state index contributed by atoms with van der Waals surface area (Å²) in [7, 11) is 0. The van der Waals surface area contributed by atoms with Crippen LogP contribution in [0.25, 0.3) is 0 Å². The first-order valence-electron chi connectivity index (χ1n) is 7.03. The summed E-state index contributed by atoms with van der Waals surface area (Å²) < 4.78 is 31.9. The first kappa shape index (κ1) is 6.64. The molecule has 0 amide bonds. The molecule has 0 heterocycles. The van der Waals surface area contributed by atoms with Gasteiger partial charge in [-0.2, -0.15) is 0 Å². The van der Waals surface area contributed by atoms with E-state index >= 15 is 0 Å². The number of hydrogen-bond acceptors (Lipinski definition) is 1. The summed E-state index contributed by atoms with van der Waals surface area (Å²) in [5.74, 6) is -0.855. The average Bonchev–Trinajstić information content (AvgIpc) is 2.48. The lowest BCUT2D eigenvalue weighted by molar-refractivity contribution is 0.0983. The Morgan fingerprint density at radius 1 is 0.938 bits per heavy atom. The molecule has 0 aliphatic rings. The summed E-state index contributed by atoms with van der Waals surface area (Å²) in [6, 6.07) is 15.9. The van der Waals surface area contributed by atoms with Gasteiger partial charge in [-0.25, -0.2) is 0 Å². The summed E-state index contributed by atoms with van der Waals surface area (Å²) in [6.07, 6.45) is -5.04. The Hall–Kier alpha value is -1.89. The van der Waals surface area contributed by atoms with Crippen LogP contribution in [0.1, 0.15) is 27.8 Å². The standard InChI is InChI=1S/C15H14O/c16-15(14-9-5-2-6-10-14)12-11-13-7-3-1-4-8-13/h1-10H,11-12H2/i11D2,12D2. The first-order valence-corrected chi connectivity index (χ1v) is 5.03. The van der Waals surface area contributed by atoms with Crippen molar-refractivity contribution in [2.45, 2.75) is 12.7 Å².